The molecule has 11 N–H and O–H groups in total. The van der Waals surface area contributed by atoms with E-state index in [4.69, 9.17) is 35.7 Å². The smallest absolute Gasteiger partial charge is 0.390 e. The third-order valence-corrected chi connectivity index (χ3v) is 8.81. The first kappa shape index (κ1) is 28.2. The molecule has 3 fully saturated rings. The first-order valence-corrected chi connectivity index (χ1v) is 14.3. The van der Waals surface area contributed by atoms with E-state index in [2.05, 4.69) is 29.9 Å². The van der Waals surface area contributed by atoms with Gasteiger partial charge in [-0.1, -0.05) is 0 Å². The van der Waals surface area contributed by atoms with Gasteiger partial charge >= 0.3 is 7.82 Å². The van der Waals surface area contributed by atoms with Crippen LogP contribution in [0.15, 0.2) is 23.8 Å². The van der Waals surface area contributed by atoms with Gasteiger partial charge in [0.2, 0.25) is 5.95 Å². The summed E-state index contributed by atoms with van der Waals surface area (Å²) in [7, 11) is -5.01. The molecule has 10 atom stereocenters. The molecule has 6 heterocycles. The predicted octanol–water partition coefficient (Wildman–Crippen LogP) is -3.40. The number of nitrogen functional groups attached to an aromatic ring is 2. The molecule has 3 unspecified atom stereocenters. The fourth-order valence-electron chi connectivity index (χ4n) is 5.49. The van der Waals surface area contributed by atoms with E-state index in [1.807, 2.05) is 0 Å². The average Bonchev–Trinajstić information content (AvgIpc) is 3.35. The van der Waals surface area contributed by atoms with Gasteiger partial charge in [-0.15, -0.1) is 0 Å². The summed E-state index contributed by atoms with van der Waals surface area (Å²) in [4.78, 5) is 45.4. The number of aliphatic hydroxyl groups excluding tert-OH is 3. The molecule has 3 aliphatic rings. The molecular formula is C21H26N11O10P. The highest BCUT2D eigenvalue weighted by Gasteiger charge is 2.70. The Balaban J connectivity index is 1.10. The Hall–Kier alpha value is -3.63. The molecule has 230 valence electrons. The van der Waals surface area contributed by atoms with Crippen molar-refractivity contribution in [1.29, 1.82) is 0 Å². The normalized spacial score (nSPS) is 35.3. The van der Waals surface area contributed by atoms with E-state index < -0.39 is 74.6 Å². The summed E-state index contributed by atoms with van der Waals surface area (Å²) < 4.78 is 38.0. The number of phosphoric ester groups is 1. The highest BCUT2D eigenvalue weighted by atomic mass is 31.2. The van der Waals surface area contributed by atoms with Crippen molar-refractivity contribution in [2.75, 3.05) is 18.1 Å². The number of rotatable bonds is 7. The summed E-state index contributed by atoms with van der Waals surface area (Å²) in [6.45, 7) is -0.615. The van der Waals surface area contributed by atoms with E-state index in [0.29, 0.717) is 0 Å². The van der Waals surface area contributed by atoms with E-state index >= 15 is 0 Å². The molecule has 2 saturated heterocycles. The van der Waals surface area contributed by atoms with Gasteiger partial charge in [0.25, 0.3) is 5.56 Å². The van der Waals surface area contributed by atoms with Crippen molar-refractivity contribution in [3.63, 3.8) is 0 Å². The third-order valence-electron chi connectivity index (χ3n) is 7.82. The first-order chi connectivity index (χ1) is 20.4. The van der Waals surface area contributed by atoms with Crippen LogP contribution in [0, 0.1) is 0 Å². The van der Waals surface area contributed by atoms with Gasteiger partial charge in [-0.3, -0.25) is 28.0 Å². The molecule has 43 heavy (non-hydrogen) atoms. The minimum Gasteiger partial charge on any atom is -0.390 e. The number of aromatic nitrogens is 8. The molecular weight excluding hydrogens is 597 g/mol. The van der Waals surface area contributed by atoms with Crippen LogP contribution < -0.4 is 22.8 Å². The Morgan fingerprint density at radius 2 is 1.79 bits per heavy atom. The van der Waals surface area contributed by atoms with Crippen molar-refractivity contribution in [2.24, 2.45) is 5.73 Å². The van der Waals surface area contributed by atoms with Crippen LogP contribution in [0.4, 0.5) is 11.8 Å². The minimum absolute atomic E-state index is 0.00738. The number of aromatic amines is 1. The highest BCUT2D eigenvalue weighted by molar-refractivity contribution is 7.47. The van der Waals surface area contributed by atoms with Crippen LogP contribution in [0.3, 0.4) is 0 Å². The molecule has 4 aromatic rings. The molecule has 0 bridgehead atoms. The lowest BCUT2D eigenvalue weighted by molar-refractivity contribution is -0.0657. The summed E-state index contributed by atoms with van der Waals surface area (Å²) in [5, 5.41) is 32.0. The Bertz CT molecular complexity index is 1830. The average molecular weight is 623 g/mol. The largest absolute Gasteiger partial charge is 0.472 e. The number of H-pyrrole nitrogens is 1. The van der Waals surface area contributed by atoms with Gasteiger partial charge in [-0.05, 0) is 0 Å². The standard InChI is InChI=1S/C21H26N11O10P/c22-8-6(40-18(11(8)34)31-4-27-9-14(23)25-3-26-15(9)31)2-39-43(37,38)42-12-13(35)21(1-7(21)33)41-19(12)32-5-28-10-16(32)29-20(24)30-17(10)36/h3-8,11-13,18-19,33-35H,1-2,22H2,(H,37,38)(H2,23,25,26)(H3,24,29,30,36)/t6-,7?,8-,11-,12-,13+,18-,19-,21?/m1/s1. The van der Waals surface area contributed by atoms with Crippen molar-refractivity contribution in [3.8, 4) is 0 Å². The summed E-state index contributed by atoms with van der Waals surface area (Å²) in [6, 6.07) is -1.08. The first-order valence-electron chi connectivity index (χ1n) is 12.8. The number of imidazole rings is 2. The number of nitrogens with one attached hydrogen (secondary N) is 1. The highest BCUT2D eigenvalue weighted by Crippen LogP contribution is 2.58. The number of fused-ring (bicyclic) bond motifs is 2. The zero-order valence-corrected chi connectivity index (χ0v) is 22.7. The summed E-state index contributed by atoms with van der Waals surface area (Å²) in [5.41, 5.74) is 15.8. The Labute approximate surface area is 238 Å². The lowest BCUT2D eigenvalue weighted by atomic mass is 10.1. The monoisotopic (exact) mass is 623 g/mol. The number of ether oxygens (including phenoxy) is 2. The predicted molar refractivity (Wildman–Crippen MR) is 140 cm³/mol. The van der Waals surface area contributed by atoms with E-state index in [1.165, 1.54) is 21.8 Å². The number of nitrogens with zero attached hydrogens (tertiary/aromatic N) is 7. The number of hydrogen-bond acceptors (Lipinski definition) is 17. The minimum atomic E-state index is -5.01. The van der Waals surface area contributed by atoms with Crippen LogP contribution in [0.25, 0.3) is 22.3 Å². The second kappa shape index (κ2) is 9.69. The quantitative estimate of drug-likeness (QED) is 0.0930. The van der Waals surface area contributed by atoms with Crippen molar-refractivity contribution in [3.05, 3.63) is 29.3 Å². The fraction of sp³-hybridized carbons (Fsp3) is 0.524. The van der Waals surface area contributed by atoms with Gasteiger partial charge < -0.3 is 46.9 Å². The van der Waals surface area contributed by atoms with Crippen molar-refractivity contribution >= 4 is 41.9 Å². The number of aliphatic hydroxyl groups is 3. The van der Waals surface area contributed by atoms with Crippen molar-refractivity contribution in [1.82, 2.24) is 39.0 Å². The molecule has 1 spiro atoms. The molecule has 2 aliphatic heterocycles. The zero-order valence-electron chi connectivity index (χ0n) is 21.8. The van der Waals surface area contributed by atoms with Gasteiger partial charge in [0, 0.05) is 6.42 Å². The molecule has 22 heteroatoms. The van der Waals surface area contributed by atoms with Gasteiger partial charge in [0.05, 0.1) is 31.4 Å². The molecule has 0 radical (unpaired) electrons. The van der Waals surface area contributed by atoms with Crippen LogP contribution >= 0.6 is 7.82 Å². The molecule has 4 aromatic heterocycles. The lowest BCUT2D eigenvalue weighted by Gasteiger charge is -2.25. The van der Waals surface area contributed by atoms with Crippen LogP contribution in [-0.4, -0.2) is 108 Å². The second-order valence-corrected chi connectivity index (χ2v) is 11.9. The van der Waals surface area contributed by atoms with E-state index in [1.54, 1.807) is 0 Å². The summed E-state index contributed by atoms with van der Waals surface area (Å²) >= 11 is 0. The van der Waals surface area contributed by atoms with Gasteiger partial charge in [-0.25, -0.2) is 24.5 Å². The molecule has 0 amide bonds. The Morgan fingerprint density at radius 1 is 1.09 bits per heavy atom. The maximum absolute atomic E-state index is 13.1. The van der Waals surface area contributed by atoms with Crippen LogP contribution in [0.5, 0.6) is 0 Å². The van der Waals surface area contributed by atoms with E-state index in [9.17, 15) is 29.6 Å². The maximum Gasteiger partial charge on any atom is 0.472 e. The van der Waals surface area contributed by atoms with Gasteiger partial charge in [0.15, 0.2) is 35.1 Å². The SMILES string of the molecule is Nc1nc2c(ncn2[C@@H]2OC3(CC3O)[C@@H](O)[C@H]2OP(=O)(O)OC[C@H]2O[C@@H](n3cnc4c(N)ncnc43)[C@H](O)[C@@H]2N)c(=O)[nH]1. The zero-order chi connectivity index (χ0) is 30.4. The van der Waals surface area contributed by atoms with Crippen LogP contribution in [0.1, 0.15) is 18.9 Å². The molecule has 0 aromatic carbocycles. The van der Waals surface area contributed by atoms with Gasteiger partial charge in [0.1, 0.15) is 41.9 Å². The third kappa shape index (κ3) is 4.40. The fourth-order valence-corrected chi connectivity index (χ4v) is 6.41. The summed E-state index contributed by atoms with van der Waals surface area (Å²) in [6.07, 6.45) is -5.47. The van der Waals surface area contributed by atoms with Crippen molar-refractivity contribution in [2.45, 2.75) is 61.0 Å². The number of anilines is 2. The molecule has 1 aliphatic carbocycles. The number of phosphoric acid groups is 1. The van der Waals surface area contributed by atoms with E-state index in [0.717, 1.165) is 6.33 Å². The molecule has 21 nitrogen and oxygen atoms in total. The second-order valence-electron chi connectivity index (χ2n) is 10.5. The van der Waals surface area contributed by atoms with Crippen LogP contribution in [0.2, 0.25) is 0 Å². The van der Waals surface area contributed by atoms with Gasteiger partial charge in [-0.2, -0.15) is 4.98 Å². The van der Waals surface area contributed by atoms with E-state index in [-0.39, 0.29) is 40.5 Å². The number of hydrogen-bond donors (Lipinski definition) is 8. The topological polar surface area (TPSA) is 320 Å². The maximum atomic E-state index is 13.1. The van der Waals surface area contributed by atoms with Crippen LogP contribution in [-0.2, 0) is 23.1 Å². The lowest BCUT2D eigenvalue weighted by Crippen LogP contribution is -2.41. The molecule has 1 saturated carbocycles. The number of nitrogens with two attached hydrogens (primary N) is 3. The Morgan fingerprint density at radius 3 is 2.51 bits per heavy atom. The van der Waals surface area contributed by atoms with Crippen molar-refractivity contribution < 1.29 is 43.3 Å². The summed E-state index contributed by atoms with van der Waals surface area (Å²) in [5.74, 6) is -0.119. The molecule has 7 rings (SSSR count). The Kier molecular flexibility index (Phi) is 6.34.